The average molecular weight is 385 g/mol. The van der Waals surface area contributed by atoms with Crippen LogP contribution in [0.5, 0.6) is 11.5 Å². The summed E-state index contributed by atoms with van der Waals surface area (Å²) in [7, 11) is 3.17. The third kappa shape index (κ3) is 4.86. The van der Waals surface area contributed by atoms with Crippen molar-refractivity contribution in [3.63, 3.8) is 0 Å². The van der Waals surface area contributed by atoms with Crippen molar-refractivity contribution < 1.29 is 19.0 Å². The summed E-state index contributed by atoms with van der Waals surface area (Å²) in [6, 6.07) is 12.9. The fraction of sp³-hybridized carbons (Fsp3) is 0.381. The second-order valence-corrected chi connectivity index (χ2v) is 6.57. The monoisotopic (exact) mass is 385 g/mol. The van der Waals surface area contributed by atoms with Crippen molar-refractivity contribution in [1.82, 2.24) is 0 Å². The lowest BCUT2D eigenvalue weighted by atomic mass is 10.2. The van der Waals surface area contributed by atoms with E-state index in [4.69, 9.17) is 14.2 Å². The molecule has 0 aliphatic carbocycles. The molecule has 7 heteroatoms. The fourth-order valence-corrected chi connectivity index (χ4v) is 3.07. The molecule has 2 aromatic carbocycles. The Hall–Kier alpha value is -2.93. The summed E-state index contributed by atoms with van der Waals surface area (Å²) in [5.74, 6) is 1.14. The van der Waals surface area contributed by atoms with E-state index in [-0.39, 0.29) is 5.91 Å². The minimum atomic E-state index is -0.419. The Kier molecular flexibility index (Phi) is 6.60. The van der Waals surface area contributed by atoms with Crippen LogP contribution < -0.4 is 25.0 Å². The van der Waals surface area contributed by atoms with E-state index in [0.29, 0.717) is 11.5 Å². The summed E-state index contributed by atoms with van der Waals surface area (Å²) in [4.78, 5) is 14.8. The van der Waals surface area contributed by atoms with Gasteiger partial charge in [0, 0.05) is 36.2 Å². The first-order valence-corrected chi connectivity index (χ1v) is 9.33. The predicted molar refractivity (Wildman–Crippen MR) is 111 cm³/mol. The Morgan fingerprint density at radius 2 is 1.64 bits per heavy atom. The molecular weight excluding hydrogens is 358 g/mol. The molecule has 0 aromatic heterocycles. The summed E-state index contributed by atoms with van der Waals surface area (Å²) in [6.45, 7) is 5.08. The highest BCUT2D eigenvalue weighted by molar-refractivity contribution is 5.96. The van der Waals surface area contributed by atoms with Crippen LogP contribution in [0.4, 0.5) is 17.1 Å². The summed E-state index contributed by atoms with van der Waals surface area (Å²) in [6.07, 6.45) is 0. The maximum atomic E-state index is 12.5. The fourth-order valence-electron chi connectivity index (χ4n) is 3.07. The molecule has 1 fully saturated rings. The van der Waals surface area contributed by atoms with Crippen LogP contribution in [0, 0.1) is 0 Å². The number of methoxy groups -OCH3 is 2. The second kappa shape index (κ2) is 9.32. The average Bonchev–Trinajstić information content (AvgIpc) is 2.74. The standard InChI is InChI=1S/C21H27N3O4/c1-15(22-17-6-9-19(26-2)20(14-17)27-3)21(25)23-16-4-7-18(8-5-16)24-10-12-28-13-11-24/h4-9,14-15,22H,10-13H2,1-3H3,(H,23,25)/t15-/m1/s1. The van der Waals surface area contributed by atoms with Gasteiger partial charge >= 0.3 is 0 Å². The lowest BCUT2D eigenvalue weighted by Crippen LogP contribution is -2.36. The Labute approximate surface area is 165 Å². The minimum absolute atomic E-state index is 0.117. The zero-order chi connectivity index (χ0) is 19.9. The van der Waals surface area contributed by atoms with Crippen molar-refractivity contribution in [2.75, 3.05) is 56.1 Å². The third-order valence-electron chi connectivity index (χ3n) is 4.67. The molecular formula is C21H27N3O4. The lowest BCUT2D eigenvalue weighted by molar-refractivity contribution is -0.116. The van der Waals surface area contributed by atoms with Gasteiger partial charge in [0.1, 0.15) is 6.04 Å². The van der Waals surface area contributed by atoms with Gasteiger partial charge in [-0.05, 0) is 43.3 Å². The van der Waals surface area contributed by atoms with Gasteiger partial charge in [-0.3, -0.25) is 4.79 Å². The number of amides is 1. The Bertz CT molecular complexity index is 789. The van der Waals surface area contributed by atoms with Crippen molar-refractivity contribution in [3.05, 3.63) is 42.5 Å². The first kappa shape index (κ1) is 19.8. The number of rotatable bonds is 7. The van der Waals surface area contributed by atoms with E-state index >= 15 is 0 Å². The van der Waals surface area contributed by atoms with Crippen molar-refractivity contribution in [3.8, 4) is 11.5 Å². The quantitative estimate of drug-likeness (QED) is 0.764. The maximum absolute atomic E-state index is 12.5. The zero-order valence-corrected chi connectivity index (χ0v) is 16.5. The number of nitrogens with one attached hydrogen (secondary N) is 2. The number of carbonyl (C=O) groups excluding carboxylic acids is 1. The largest absolute Gasteiger partial charge is 0.493 e. The highest BCUT2D eigenvalue weighted by Crippen LogP contribution is 2.30. The number of carbonyl (C=O) groups is 1. The number of ether oxygens (including phenoxy) is 3. The van der Waals surface area contributed by atoms with Crippen LogP contribution in [0.2, 0.25) is 0 Å². The summed E-state index contributed by atoms with van der Waals surface area (Å²) in [5.41, 5.74) is 2.68. The molecule has 28 heavy (non-hydrogen) atoms. The molecule has 1 heterocycles. The highest BCUT2D eigenvalue weighted by Gasteiger charge is 2.15. The van der Waals surface area contributed by atoms with Crippen molar-refractivity contribution in [2.24, 2.45) is 0 Å². The van der Waals surface area contributed by atoms with Gasteiger partial charge in [-0.15, -0.1) is 0 Å². The third-order valence-corrected chi connectivity index (χ3v) is 4.67. The van der Waals surface area contributed by atoms with Crippen LogP contribution in [-0.2, 0) is 9.53 Å². The van der Waals surface area contributed by atoms with Gasteiger partial charge in [0.15, 0.2) is 11.5 Å². The van der Waals surface area contributed by atoms with E-state index in [0.717, 1.165) is 43.4 Å². The Morgan fingerprint density at radius 1 is 1.00 bits per heavy atom. The van der Waals surface area contributed by atoms with E-state index in [1.807, 2.05) is 37.3 Å². The lowest BCUT2D eigenvalue weighted by Gasteiger charge is -2.29. The molecule has 0 bridgehead atoms. The van der Waals surface area contributed by atoms with E-state index < -0.39 is 6.04 Å². The number of anilines is 3. The number of nitrogens with zero attached hydrogens (tertiary/aromatic N) is 1. The molecule has 1 aliphatic heterocycles. The molecule has 0 spiro atoms. The maximum Gasteiger partial charge on any atom is 0.246 e. The van der Waals surface area contributed by atoms with Crippen LogP contribution >= 0.6 is 0 Å². The molecule has 2 N–H and O–H groups in total. The van der Waals surface area contributed by atoms with Gasteiger partial charge in [0.2, 0.25) is 5.91 Å². The van der Waals surface area contributed by atoms with Gasteiger partial charge < -0.3 is 29.7 Å². The topological polar surface area (TPSA) is 72.1 Å². The summed E-state index contributed by atoms with van der Waals surface area (Å²) < 4.78 is 15.9. The van der Waals surface area contributed by atoms with Gasteiger partial charge in [-0.2, -0.15) is 0 Å². The smallest absolute Gasteiger partial charge is 0.246 e. The molecule has 1 amide bonds. The summed E-state index contributed by atoms with van der Waals surface area (Å²) >= 11 is 0. The molecule has 3 rings (SSSR count). The Balaban J connectivity index is 1.58. The molecule has 0 unspecified atom stereocenters. The van der Waals surface area contributed by atoms with Crippen LogP contribution in [-0.4, -0.2) is 52.5 Å². The number of hydrogen-bond donors (Lipinski definition) is 2. The molecule has 0 saturated carbocycles. The molecule has 150 valence electrons. The van der Waals surface area contributed by atoms with E-state index in [2.05, 4.69) is 15.5 Å². The van der Waals surface area contributed by atoms with Crippen LogP contribution in [0.15, 0.2) is 42.5 Å². The van der Waals surface area contributed by atoms with Gasteiger partial charge in [-0.25, -0.2) is 0 Å². The molecule has 2 aromatic rings. The molecule has 1 atom stereocenters. The zero-order valence-electron chi connectivity index (χ0n) is 16.5. The second-order valence-electron chi connectivity index (χ2n) is 6.57. The van der Waals surface area contributed by atoms with Gasteiger partial charge in [-0.1, -0.05) is 0 Å². The van der Waals surface area contributed by atoms with Crippen molar-refractivity contribution in [1.29, 1.82) is 0 Å². The first-order valence-electron chi connectivity index (χ1n) is 9.33. The highest BCUT2D eigenvalue weighted by atomic mass is 16.5. The van der Waals surface area contributed by atoms with E-state index in [1.165, 1.54) is 0 Å². The van der Waals surface area contributed by atoms with Crippen LogP contribution in [0.25, 0.3) is 0 Å². The molecule has 0 radical (unpaired) electrons. The Morgan fingerprint density at radius 3 is 2.29 bits per heavy atom. The van der Waals surface area contributed by atoms with Crippen LogP contribution in [0.3, 0.4) is 0 Å². The van der Waals surface area contributed by atoms with Crippen molar-refractivity contribution >= 4 is 23.0 Å². The van der Waals surface area contributed by atoms with Crippen LogP contribution in [0.1, 0.15) is 6.92 Å². The number of benzene rings is 2. The summed E-state index contributed by atoms with van der Waals surface area (Å²) in [5, 5.41) is 6.12. The number of hydrogen-bond acceptors (Lipinski definition) is 6. The van der Waals surface area contributed by atoms with Crippen molar-refractivity contribution in [2.45, 2.75) is 13.0 Å². The van der Waals surface area contributed by atoms with E-state index in [9.17, 15) is 4.79 Å². The van der Waals surface area contributed by atoms with Gasteiger partial charge in [0.25, 0.3) is 0 Å². The minimum Gasteiger partial charge on any atom is -0.493 e. The van der Waals surface area contributed by atoms with E-state index in [1.54, 1.807) is 26.4 Å². The first-order chi connectivity index (χ1) is 13.6. The molecule has 7 nitrogen and oxygen atoms in total. The molecule has 1 saturated heterocycles. The normalized spacial score (nSPS) is 14.9. The predicted octanol–water partition coefficient (Wildman–Crippen LogP) is 2.98. The molecule has 1 aliphatic rings. The SMILES string of the molecule is COc1ccc(N[C@H](C)C(=O)Nc2ccc(N3CCOCC3)cc2)cc1OC. The van der Waals surface area contributed by atoms with Gasteiger partial charge in [0.05, 0.1) is 27.4 Å². The number of morpholine rings is 1.